The summed E-state index contributed by atoms with van der Waals surface area (Å²) in [4.78, 5) is 11.9. The number of benzene rings is 1. The number of ether oxygens (including phenoxy) is 1. The molecule has 0 aromatic heterocycles. The third kappa shape index (κ3) is 2.97. The van der Waals surface area contributed by atoms with Gasteiger partial charge >= 0.3 is 0 Å². The van der Waals surface area contributed by atoms with E-state index in [1.807, 2.05) is 0 Å². The molecule has 4 unspecified atom stereocenters. The molecule has 1 aliphatic rings. The van der Waals surface area contributed by atoms with E-state index in [-0.39, 0.29) is 0 Å². The number of hydrogen-bond donors (Lipinski definition) is 5. The number of aliphatic hydroxyl groups is 4. The molecule has 0 spiro atoms. The van der Waals surface area contributed by atoms with Crippen molar-refractivity contribution < 1.29 is 30.0 Å². The number of amides is 1. The van der Waals surface area contributed by atoms with E-state index in [2.05, 4.69) is 5.32 Å². The SMILES string of the molecule is O=C(NC1C(O)OC(CO)[C@H](O)C1O)c1ccccc1. The van der Waals surface area contributed by atoms with Gasteiger partial charge in [0.05, 0.1) is 6.61 Å². The molecule has 1 fully saturated rings. The minimum Gasteiger partial charge on any atom is -0.394 e. The van der Waals surface area contributed by atoms with Gasteiger partial charge in [0.1, 0.15) is 24.4 Å². The van der Waals surface area contributed by atoms with Gasteiger partial charge in [-0.05, 0) is 12.1 Å². The van der Waals surface area contributed by atoms with Crippen molar-refractivity contribution in [1.82, 2.24) is 5.32 Å². The van der Waals surface area contributed by atoms with Crippen LogP contribution >= 0.6 is 0 Å². The van der Waals surface area contributed by atoms with Crippen molar-refractivity contribution in [2.45, 2.75) is 30.6 Å². The average Bonchev–Trinajstić information content (AvgIpc) is 2.48. The molecule has 5 atom stereocenters. The average molecular weight is 283 g/mol. The first-order valence-electron chi connectivity index (χ1n) is 6.21. The molecule has 0 bridgehead atoms. The van der Waals surface area contributed by atoms with Crippen molar-refractivity contribution in [3.8, 4) is 0 Å². The van der Waals surface area contributed by atoms with E-state index in [0.717, 1.165) is 0 Å². The Labute approximate surface area is 115 Å². The lowest BCUT2D eigenvalue weighted by atomic mass is 9.97. The first-order valence-corrected chi connectivity index (χ1v) is 6.21. The molecule has 2 rings (SSSR count). The molecule has 0 radical (unpaired) electrons. The van der Waals surface area contributed by atoms with Crippen LogP contribution < -0.4 is 5.32 Å². The van der Waals surface area contributed by atoms with Gasteiger partial charge in [0.25, 0.3) is 5.91 Å². The van der Waals surface area contributed by atoms with E-state index in [1.54, 1.807) is 30.3 Å². The summed E-state index contributed by atoms with van der Waals surface area (Å²) in [5, 5.41) is 40.7. The zero-order chi connectivity index (χ0) is 14.7. The Bertz CT molecular complexity index is 453. The number of aliphatic hydroxyl groups excluding tert-OH is 4. The topological polar surface area (TPSA) is 119 Å². The van der Waals surface area contributed by atoms with Gasteiger partial charge in [-0.3, -0.25) is 4.79 Å². The normalized spacial score (nSPS) is 33.7. The van der Waals surface area contributed by atoms with Crippen molar-refractivity contribution in [2.75, 3.05) is 6.61 Å². The highest BCUT2D eigenvalue weighted by Gasteiger charge is 2.44. The number of carbonyl (C=O) groups is 1. The van der Waals surface area contributed by atoms with Crippen LogP contribution in [0, 0.1) is 0 Å². The molecular formula is C13H17NO6. The highest BCUT2D eigenvalue weighted by Crippen LogP contribution is 2.20. The van der Waals surface area contributed by atoms with Crippen molar-refractivity contribution in [3.05, 3.63) is 35.9 Å². The highest BCUT2D eigenvalue weighted by atomic mass is 16.6. The Balaban J connectivity index is 2.07. The quantitative estimate of drug-likeness (QED) is 0.447. The van der Waals surface area contributed by atoms with E-state index in [4.69, 9.17) is 9.84 Å². The molecule has 1 heterocycles. The van der Waals surface area contributed by atoms with E-state index >= 15 is 0 Å². The summed E-state index contributed by atoms with van der Waals surface area (Å²) in [5.74, 6) is -0.507. The predicted octanol–water partition coefficient (Wildman–Crippen LogP) is -1.78. The fraction of sp³-hybridized carbons (Fsp3) is 0.462. The maximum Gasteiger partial charge on any atom is 0.251 e. The second-order valence-corrected chi connectivity index (χ2v) is 4.59. The molecule has 1 saturated heterocycles. The fourth-order valence-electron chi connectivity index (χ4n) is 2.08. The molecule has 1 aromatic carbocycles. The molecule has 0 saturated carbocycles. The Morgan fingerprint density at radius 3 is 2.40 bits per heavy atom. The first-order chi connectivity index (χ1) is 9.54. The zero-order valence-electron chi connectivity index (χ0n) is 10.6. The van der Waals surface area contributed by atoms with Crippen molar-refractivity contribution >= 4 is 5.91 Å². The van der Waals surface area contributed by atoms with Crippen molar-refractivity contribution in [3.63, 3.8) is 0 Å². The number of nitrogens with one attached hydrogen (secondary N) is 1. The molecular weight excluding hydrogens is 266 g/mol. The van der Waals surface area contributed by atoms with Crippen LogP contribution in [0.4, 0.5) is 0 Å². The van der Waals surface area contributed by atoms with Gasteiger partial charge in [0, 0.05) is 5.56 Å². The number of hydrogen-bond acceptors (Lipinski definition) is 6. The molecule has 1 aliphatic heterocycles. The molecule has 1 aromatic rings. The monoisotopic (exact) mass is 283 g/mol. The molecule has 7 nitrogen and oxygen atoms in total. The van der Waals surface area contributed by atoms with Gasteiger partial charge in [0.2, 0.25) is 0 Å². The number of carbonyl (C=O) groups excluding carboxylic acids is 1. The Hall–Kier alpha value is -1.51. The van der Waals surface area contributed by atoms with Gasteiger partial charge in [-0.15, -0.1) is 0 Å². The van der Waals surface area contributed by atoms with Gasteiger partial charge < -0.3 is 30.5 Å². The largest absolute Gasteiger partial charge is 0.394 e. The third-order valence-electron chi connectivity index (χ3n) is 3.23. The van der Waals surface area contributed by atoms with Crippen LogP contribution in [-0.4, -0.2) is 63.6 Å². The summed E-state index contributed by atoms with van der Waals surface area (Å²) in [5.41, 5.74) is 0.352. The summed E-state index contributed by atoms with van der Waals surface area (Å²) < 4.78 is 4.95. The Morgan fingerprint density at radius 2 is 1.80 bits per heavy atom. The minimum absolute atomic E-state index is 0.352. The summed E-state index contributed by atoms with van der Waals surface area (Å²) in [6, 6.07) is 7.07. The second kappa shape index (κ2) is 6.29. The molecule has 20 heavy (non-hydrogen) atoms. The lowest BCUT2D eigenvalue weighted by Gasteiger charge is -2.40. The second-order valence-electron chi connectivity index (χ2n) is 4.59. The maximum absolute atomic E-state index is 11.9. The standard InChI is InChI=1S/C13H17NO6/c15-6-8-10(16)11(17)9(13(19)20-8)14-12(18)7-4-2-1-3-5-7/h1-5,8-11,13,15-17,19H,6H2,(H,14,18)/t8?,9?,10-,11?,13?/m0/s1. The Kier molecular flexibility index (Phi) is 4.69. The van der Waals surface area contributed by atoms with Crippen LogP contribution in [0.5, 0.6) is 0 Å². The van der Waals surface area contributed by atoms with Crippen molar-refractivity contribution in [1.29, 1.82) is 0 Å². The third-order valence-corrected chi connectivity index (χ3v) is 3.23. The summed E-state index contributed by atoms with van der Waals surface area (Å²) in [7, 11) is 0. The summed E-state index contributed by atoms with van der Waals surface area (Å²) in [6.07, 6.45) is -5.45. The maximum atomic E-state index is 11.9. The summed E-state index contributed by atoms with van der Waals surface area (Å²) >= 11 is 0. The molecule has 0 aliphatic carbocycles. The van der Waals surface area contributed by atoms with Gasteiger partial charge in [0.15, 0.2) is 6.29 Å². The van der Waals surface area contributed by atoms with E-state index < -0.39 is 43.2 Å². The lowest BCUT2D eigenvalue weighted by Crippen LogP contribution is -2.64. The first kappa shape index (κ1) is 14.9. The predicted molar refractivity (Wildman–Crippen MR) is 67.7 cm³/mol. The molecule has 1 amide bonds. The summed E-state index contributed by atoms with van der Waals surface area (Å²) in [6.45, 7) is -0.547. The van der Waals surface area contributed by atoms with Crippen LogP contribution in [0.15, 0.2) is 30.3 Å². The van der Waals surface area contributed by atoms with E-state index in [9.17, 15) is 20.1 Å². The van der Waals surface area contributed by atoms with Crippen LogP contribution in [0.1, 0.15) is 10.4 Å². The number of rotatable bonds is 3. The minimum atomic E-state index is -1.52. The Morgan fingerprint density at radius 1 is 1.15 bits per heavy atom. The van der Waals surface area contributed by atoms with Crippen LogP contribution in [0.25, 0.3) is 0 Å². The lowest BCUT2D eigenvalue weighted by molar-refractivity contribution is -0.252. The fourth-order valence-corrected chi connectivity index (χ4v) is 2.08. The molecule has 5 N–H and O–H groups in total. The molecule has 110 valence electrons. The highest BCUT2D eigenvalue weighted by molar-refractivity contribution is 5.94. The van der Waals surface area contributed by atoms with Crippen LogP contribution in [0.2, 0.25) is 0 Å². The van der Waals surface area contributed by atoms with E-state index in [1.165, 1.54) is 0 Å². The van der Waals surface area contributed by atoms with Gasteiger partial charge in [-0.2, -0.15) is 0 Å². The molecule has 7 heteroatoms. The van der Waals surface area contributed by atoms with Gasteiger partial charge in [-0.25, -0.2) is 0 Å². The van der Waals surface area contributed by atoms with E-state index in [0.29, 0.717) is 5.56 Å². The smallest absolute Gasteiger partial charge is 0.251 e. The van der Waals surface area contributed by atoms with Gasteiger partial charge in [-0.1, -0.05) is 18.2 Å². The van der Waals surface area contributed by atoms with Crippen LogP contribution in [0.3, 0.4) is 0 Å². The van der Waals surface area contributed by atoms with Crippen molar-refractivity contribution in [2.24, 2.45) is 0 Å². The zero-order valence-corrected chi connectivity index (χ0v) is 10.6. The van der Waals surface area contributed by atoms with Crippen LogP contribution in [-0.2, 0) is 4.74 Å².